The summed E-state index contributed by atoms with van der Waals surface area (Å²) in [6.45, 7) is 2.06. The van der Waals surface area contributed by atoms with E-state index in [1.54, 1.807) is 43.5 Å². The highest BCUT2D eigenvalue weighted by atomic mass is 32.2. The van der Waals surface area contributed by atoms with Gasteiger partial charge in [0.15, 0.2) is 0 Å². The molecule has 0 atom stereocenters. The summed E-state index contributed by atoms with van der Waals surface area (Å²) in [4.78, 5) is 39.4. The van der Waals surface area contributed by atoms with Crippen LogP contribution in [0.4, 0.5) is 10.5 Å². The fourth-order valence-electron chi connectivity index (χ4n) is 3.41. The van der Waals surface area contributed by atoms with Crippen molar-refractivity contribution < 1.29 is 19.1 Å². The van der Waals surface area contributed by atoms with Crippen LogP contribution in [0.3, 0.4) is 0 Å². The van der Waals surface area contributed by atoms with Crippen molar-refractivity contribution in [3.8, 4) is 5.75 Å². The number of rotatable bonds is 6. The van der Waals surface area contributed by atoms with Crippen molar-refractivity contribution in [2.24, 2.45) is 0 Å². The molecule has 1 aliphatic rings. The molecule has 0 aliphatic carbocycles. The van der Waals surface area contributed by atoms with Crippen molar-refractivity contribution in [3.63, 3.8) is 0 Å². The summed E-state index contributed by atoms with van der Waals surface area (Å²) in [6.07, 6.45) is 1.67. The minimum atomic E-state index is -0.350. The lowest BCUT2D eigenvalue weighted by molar-refractivity contribution is -0.123. The number of carbonyl (C=O) groups is 3. The normalized spacial score (nSPS) is 14.6. The average Bonchev–Trinajstić information content (AvgIpc) is 3.08. The molecule has 0 unspecified atom stereocenters. The first-order chi connectivity index (χ1) is 16.0. The summed E-state index contributed by atoms with van der Waals surface area (Å²) in [5.74, 6) is 0.0582. The molecule has 0 spiro atoms. The Hall–Kier alpha value is -3.84. The van der Waals surface area contributed by atoms with E-state index in [4.69, 9.17) is 4.74 Å². The Balaban J connectivity index is 1.45. The summed E-state index contributed by atoms with van der Waals surface area (Å²) in [5, 5.41) is 2.56. The Bertz CT molecular complexity index is 1250. The molecule has 3 aromatic carbocycles. The van der Waals surface area contributed by atoms with Crippen molar-refractivity contribution in [2.75, 3.05) is 12.4 Å². The predicted molar refractivity (Wildman–Crippen MR) is 130 cm³/mol. The third-order valence-corrected chi connectivity index (χ3v) is 6.16. The molecular formula is C26H22N2O4S. The number of anilines is 1. The maximum Gasteiger partial charge on any atom is 0.293 e. The second-order valence-corrected chi connectivity index (χ2v) is 8.47. The van der Waals surface area contributed by atoms with E-state index < -0.39 is 0 Å². The monoisotopic (exact) mass is 458 g/mol. The van der Waals surface area contributed by atoms with Crippen LogP contribution in [0.15, 0.2) is 77.7 Å². The molecule has 7 heteroatoms. The van der Waals surface area contributed by atoms with Gasteiger partial charge in [-0.05, 0) is 60.2 Å². The molecule has 1 aliphatic heterocycles. The number of nitrogens with zero attached hydrogens (tertiary/aromatic N) is 1. The van der Waals surface area contributed by atoms with E-state index in [-0.39, 0.29) is 23.6 Å². The van der Waals surface area contributed by atoms with Gasteiger partial charge in [-0.1, -0.05) is 48.5 Å². The summed E-state index contributed by atoms with van der Waals surface area (Å²) < 4.78 is 5.32. The van der Waals surface area contributed by atoms with Gasteiger partial charge in [-0.2, -0.15) is 0 Å². The summed E-state index contributed by atoms with van der Waals surface area (Å²) in [5.41, 5.74) is 3.71. The number of hydrogen-bond acceptors (Lipinski definition) is 5. The Kier molecular flexibility index (Phi) is 6.60. The number of nitrogens with one attached hydrogen (secondary N) is 1. The number of thioether (sulfide) groups is 1. The SMILES string of the molecule is COc1ccccc1/C=C1\SC(=O)N(Cc2ccc(C(=O)Nc3ccccc3C)cc2)C1=O. The van der Waals surface area contributed by atoms with E-state index in [0.29, 0.717) is 16.2 Å². The number of hydrogen-bond donors (Lipinski definition) is 1. The van der Waals surface area contributed by atoms with Crippen molar-refractivity contribution in [3.05, 3.63) is 100.0 Å². The average molecular weight is 459 g/mol. The maximum absolute atomic E-state index is 12.8. The molecule has 0 bridgehead atoms. The highest BCUT2D eigenvalue weighted by Crippen LogP contribution is 2.34. The van der Waals surface area contributed by atoms with E-state index in [1.165, 1.54) is 4.90 Å². The lowest BCUT2D eigenvalue weighted by Crippen LogP contribution is -2.27. The van der Waals surface area contributed by atoms with Crippen LogP contribution < -0.4 is 10.1 Å². The van der Waals surface area contributed by atoms with E-state index in [0.717, 1.165) is 34.1 Å². The number of imide groups is 1. The highest BCUT2D eigenvalue weighted by Gasteiger charge is 2.35. The molecule has 3 amide bonds. The first kappa shape index (κ1) is 22.4. The van der Waals surface area contributed by atoms with Crippen LogP contribution in [0.2, 0.25) is 0 Å². The topological polar surface area (TPSA) is 75.7 Å². The third-order valence-electron chi connectivity index (χ3n) is 5.25. The van der Waals surface area contributed by atoms with Gasteiger partial charge in [0, 0.05) is 16.8 Å². The third kappa shape index (κ3) is 4.99. The number of carbonyl (C=O) groups excluding carboxylic acids is 3. The summed E-state index contributed by atoms with van der Waals surface area (Å²) in [7, 11) is 1.56. The minimum absolute atomic E-state index is 0.133. The van der Waals surface area contributed by atoms with Crippen LogP contribution in [0.5, 0.6) is 5.75 Å². The second kappa shape index (κ2) is 9.75. The standard InChI is InChI=1S/C26H22N2O4S/c1-17-7-3-5-9-21(17)27-24(29)19-13-11-18(12-14-19)16-28-25(30)23(33-26(28)31)15-20-8-4-6-10-22(20)32-2/h3-15H,16H2,1-2H3,(H,27,29)/b23-15-. The smallest absolute Gasteiger partial charge is 0.293 e. The fourth-order valence-corrected chi connectivity index (χ4v) is 4.24. The van der Waals surface area contributed by atoms with Crippen molar-refractivity contribution >= 4 is 40.6 Å². The quantitative estimate of drug-likeness (QED) is 0.494. The van der Waals surface area contributed by atoms with Crippen LogP contribution in [-0.4, -0.2) is 29.1 Å². The number of para-hydroxylation sites is 2. The molecule has 4 rings (SSSR count). The Morgan fingerprint density at radius 3 is 2.42 bits per heavy atom. The van der Waals surface area contributed by atoms with E-state index in [9.17, 15) is 14.4 Å². The van der Waals surface area contributed by atoms with Gasteiger partial charge in [0.05, 0.1) is 18.6 Å². The Morgan fingerprint density at radius 1 is 1.00 bits per heavy atom. The number of aryl methyl sites for hydroxylation is 1. The van der Waals surface area contributed by atoms with Gasteiger partial charge in [-0.15, -0.1) is 0 Å². The largest absolute Gasteiger partial charge is 0.496 e. The summed E-state index contributed by atoms with van der Waals surface area (Å²) >= 11 is 0.905. The molecule has 6 nitrogen and oxygen atoms in total. The van der Waals surface area contributed by atoms with Gasteiger partial charge in [0.1, 0.15) is 5.75 Å². The van der Waals surface area contributed by atoms with Crippen molar-refractivity contribution in [1.82, 2.24) is 4.90 Å². The van der Waals surface area contributed by atoms with Gasteiger partial charge in [0.2, 0.25) is 0 Å². The lowest BCUT2D eigenvalue weighted by atomic mass is 10.1. The number of benzene rings is 3. The van der Waals surface area contributed by atoms with E-state index in [2.05, 4.69) is 5.32 Å². The van der Waals surface area contributed by atoms with Gasteiger partial charge < -0.3 is 10.1 Å². The van der Waals surface area contributed by atoms with Crippen LogP contribution in [0.1, 0.15) is 27.0 Å². The molecular weight excluding hydrogens is 436 g/mol. The van der Waals surface area contributed by atoms with E-state index in [1.807, 2.05) is 49.4 Å². The second-order valence-electron chi connectivity index (χ2n) is 7.48. The molecule has 1 saturated heterocycles. The molecule has 3 aromatic rings. The first-order valence-electron chi connectivity index (χ1n) is 10.3. The van der Waals surface area contributed by atoms with Crippen LogP contribution in [-0.2, 0) is 11.3 Å². The van der Waals surface area contributed by atoms with E-state index >= 15 is 0 Å². The van der Waals surface area contributed by atoms with Gasteiger partial charge >= 0.3 is 0 Å². The van der Waals surface area contributed by atoms with Crippen LogP contribution in [0.25, 0.3) is 6.08 Å². The van der Waals surface area contributed by atoms with Crippen molar-refractivity contribution in [1.29, 1.82) is 0 Å². The fraction of sp³-hybridized carbons (Fsp3) is 0.115. The van der Waals surface area contributed by atoms with Crippen molar-refractivity contribution in [2.45, 2.75) is 13.5 Å². The molecule has 166 valence electrons. The number of ether oxygens (including phenoxy) is 1. The molecule has 1 N–H and O–H groups in total. The first-order valence-corrected chi connectivity index (χ1v) is 11.1. The minimum Gasteiger partial charge on any atom is -0.496 e. The molecule has 1 heterocycles. The maximum atomic E-state index is 12.8. The summed E-state index contributed by atoms with van der Waals surface area (Å²) in [6, 6.07) is 21.7. The number of amides is 3. The zero-order chi connectivity index (χ0) is 23.4. The number of methoxy groups -OCH3 is 1. The van der Waals surface area contributed by atoms with Gasteiger partial charge in [-0.3, -0.25) is 19.3 Å². The predicted octanol–water partition coefficient (Wildman–Crippen LogP) is 5.49. The van der Waals surface area contributed by atoms with Gasteiger partial charge in [0.25, 0.3) is 17.1 Å². The molecule has 1 fully saturated rings. The lowest BCUT2D eigenvalue weighted by Gasteiger charge is -2.13. The molecule has 0 aromatic heterocycles. The zero-order valence-corrected chi connectivity index (χ0v) is 19.0. The Labute approximate surface area is 196 Å². The molecule has 0 saturated carbocycles. The Morgan fingerprint density at radius 2 is 1.70 bits per heavy atom. The zero-order valence-electron chi connectivity index (χ0n) is 18.2. The van der Waals surface area contributed by atoms with Gasteiger partial charge in [-0.25, -0.2) is 0 Å². The van der Waals surface area contributed by atoms with Crippen LogP contribution >= 0.6 is 11.8 Å². The molecule has 0 radical (unpaired) electrons. The molecule has 33 heavy (non-hydrogen) atoms. The highest BCUT2D eigenvalue weighted by molar-refractivity contribution is 8.18. The van der Waals surface area contributed by atoms with Crippen LogP contribution in [0, 0.1) is 6.92 Å².